The van der Waals surface area contributed by atoms with E-state index < -0.39 is 5.97 Å². The van der Waals surface area contributed by atoms with Gasteiger partial charge in [0, 0.05) is 11.1 Å². The van der Waals surface area contributed by atoms with Gasteiger partial charge in [-0.1, -0.05) is 11.8 Å². The monoisotopic (exact) mass is 291 g/mol. The molecule has 0 saturated carbocycles. The minimum absolute atomic E-state index is 0.0256. The molecule has 7 heteroatoms. The van der Waals surface area contributed by atoms with Crippen molar-refractivity contribution in [2.24, 2.45) is 0 Å². The van der Waals surface area contributed by atoms with E-state index >= 15 is 0 Å². The number of nitrogens with zero attached hydrogens (tertiary/aromatic N) is 3. The molecule has 0 aliphatic carbocycles. The van der Waals surface area contributed by atoms with Crippen LogP contribution in [-0.4, -0.2) is 21.0 Å². The van der Waals surface area contributed by atoms with Crippen molar-refractivity contribution in [1.82, 2.24) is 9.97 Å². The van der Waals surface area contributed by atoms with Crippen LogP contribution in [0.4, 0.5) is 0 Å². The zero-order chi connectivity index (χ0) is 13.8. The molecule has 19 heavy (non-hydrogen) atoms. The Morgan fingerprint density at radius 2 is 2.42 bits per heavy atom. The Morgan fingerprint density at radius 3 is 3.11 bits per heavy atom. The van der Waals surface area contributed by atoms with Crippen LogP contribution in [0.5, 0.6) is 0 Å². The van der Waals surface area contributed by atoms with E-state index in [0.29, 0.717) is 5.69 Å². The molecular weight excluding hydrogens is 282 g/mol. The zero-order valence-electron chi connectivity index (χ0n) is 9.95. The average molecular weight is 291 g/mol. The number of hydrogen-bond acceptors (Lipinski definition) is 6. The Bertz CT molecular complexity index is 661. The maximum atomic E-state index is 10.7. The van der Waals surface area contributed by atoms with Crippen molar-refractivity contribution in [1.29, 1.82) is 5.26 Å². The molecule has 0 aliphatic rings. The molecule has 0 saturated heterocycles. The second-order valence-corrected chi connectivity index (χ2v) is 6.00. The van der Waals surface area contributed by atoms with Crippen molar-refractivity contribution in [3.05, 3.63) is 34.6 Å². The van der Waals surface area contributed by atoms with Crippen LogP contribution in [0.15, 0.2) is 27.6 Å². The molecule has 1 N–H and O–H groups in total. The van der Waals surface area contributed by atoms with E-state index in [-0.39, 0.29) is 6.42 Å². The summed E-state index contributed by atoms with van der Waals surface area (Å²) < 4.78 is 0.721. The van der Waals surface area contributed by atoms with Crippen molar-refractivity contribution in [2.45, 2.75) is 22.6 Å². The summed E-state index contributed by atoms with van der Waals surface area (Å²) in [5.41, 5.74) is 1.07. The molecule has 96 valence electrons. The Balaban J connectivity index is 2.25. The number of carboxylic acid groups (broad SMARTS) is 1. The fourth-order valence-corrected chi connectivity index (χ4v) is 3.63. The van der Waals surface area contributed by atoms with E-state index in [1.54, 1.807) is 25.3 Å². The lowest BCUT2D eigenvalue weighted by atomic mass is 10.3. The molecule has 0 unspecified atom stereocenters. The van der Waals surface area contributed by atoms with Crippen molar-refractivity contribution in [3.63, 3.8) is 0 Å². The van der Waals surface area contributed by atoms with Crippen LogP contribution in [0.3, 0.4) is 0 Å². The van der Waals surface area contributed by atoms with E-state index in [1.165, 1.54) is 23.1 Å². The van der Waals surface area contributed by atoms with Gasteiger partial charge in [0.25, 0.3) is 0 Å². The first-order chi connectivity index (χ1) is 9.10. The third kappa shape index (κ3) is 3.30. The third-order valence-electron chi connectivity index (χ3n) is 2.26. The van der Waals surface area contributed by atoms with Gasteiger partial charge in [-0.3, -0.25) is 4.79 Å². The number of carboxylic acids is 1. The summed E-state index contributed by atoms with van der Waals surface area (Å²) >= 11 is 2.67. The number of nitriles is 1. The quantitative estimate of drug-likeness (QED) is 0.931. The Morgan fingerprint density at radius 1 is 1.63 bits per heavy atom. The Labute approximate surface area is 117 Å². The molecule has 0 spiro atoms. The number of rotatable bonds is 4. The highest BCUT2D eigenvalue weighted by molar-refractivity contribution is 8.01. The van der Waals surface area contributed by atoms with Crippen molar-refractivity contribution in [2.75, 3.05) is 0 Å². The van der Waals surface area contributed by atoms with Gasteiger partial charge in [0.15, 0.2) is 10.0 Å². The molecule has 5 nitrogen and oxygen atoms in total. The summed E-state index contributed by atoms with van der Waals surface area (Å²) in [6.07, 6.45) is 1.54. The van der Waals surface area contributed by atoms with E-state index in [0.717, 1.165) is 19.8 Å². The van der Waals surface area contributed by atoms with Gasteiger partial charge < -0.3 is 5.11 Å². The van der Waals surface area contributed by atoms with Gasteiger partial charge >= 0.3 is 5.97 Å². The van der Waals surface area contributed by atoms with Crippen molar-refractivity contribution < 1.29 is 9.90 Å². The number of carbonyl (C=O) groups is 1. The van der Waals surface area contributed by atoms with Gasteiger partial charge in [0.1, 0.15) is 6.07 Å². The van der Waals surface area contributed by atoms with Crippen LogP contribution in [0.25, 0.3) is 0 Å². The van der Waals surface area contributed by atoms with Crippen LogP contribution < -0.4 is 0 Å². The van der Waals surface area contributed by atoms with Gasteiger partial charge in [0.05, 0.1) is 17.0 Å². The summed E-state index contributed by atoms with van der Waals surface area (Å²) in [6, 6.07) is 5.57. The maximum absolute atomic E-state index is 10.7. The van der Waals surface area contributed by atoms with Gasteiger partial charge in [-0.15, -0.1) is 11.3 Å². The second-order valence-electron chi connectivity index (χ2n) is 3.62. The molecule has 2 aromatic rings. The number of hydrogen-bond donors (Lipinski definition) is 1. The smallest absolute Gasteiger partial charge is 0.308 e. The molecule has 0 atom stereocenters. The molecule has 0 bridgehead atoms. The molecule has 2 aromatic heterocycles. The summed E-state index contributed by atoms with van der Waals surface area (Å²) in [7, 11) is 0. The van der Waals surface area contributed by atoms with E-state index in [1.807, 2.05) is 6.07 Å². The number of aromatic nitrogens is 2. The predicted octanol–water partition coefficient (Wildman–Crippen LogP) is 2.50. The number of pyridine rings is 1. The van der Waals surface area contributed by atoms with E-state index in [4.69, 9.17) is 10.4 Å². The molecule has 0 radical (unpaired) electrons. The van der Waals surface area contributed by atoms with Gasteiger partial charge in [-0.25, -0.2) is 9.97 Å². The highest BCUT2D eigenvalue weighted by Crippen LogP contribution is 2.34. The van der Waals surface area contributed by atoms with Gasteiger partial charge in [-0.2, -0.15) is 5.26 Å². The standard InChI is InChI=1S/C12H9N3O2S2/c1-7-10(5-11(16)17)19-12(15-7)18-9-3-2-4-14-8(9)6-13/h2-4H,5H2,1H3,(H,16,17). The first kappa shape index (κ1) is 13.5. The SMILES string of the molecule is Cc1nc(Sc2cccnc2C#N)sc1CC(=O)O. The molecule has 2 heterocycles. The highest BCUT2D eigenvalue weighted by atomic mass is 32.2. The van der Waals surface area contributed by atoms with Crippen LogP contribution in [0, 0.1) is 18.3 Å². The van der Waals surface area contributed by atoms with E-state index in [2.05, 4.69) is 9.97 Å². The van der Waals surface area contributed by atoms with Crippen LogP contribution >= 0.6 is 23.1 Å². The lowest BCUT2D eigenvalue weighted by molar-refractivity contribution is -0.136. The maximum Gasteiger partial charge on any atom is 0.308 e. The average Bonchev–Trinajstić information content (AvgIpc) is 2.69. The fraction of sp³-hybridized carbons (Fsp3) is 0.167. The van der Waals surface area contributed by atoms with Crippen LogP contribution in [0.2, 0.25) is 0 Å². The largest absolute Gasteiger partial charge is 0.481 e. The minimum Gasteiger partial charge on any atom is -0.481 e. The molecule has 0 amide bonds. The highest BCUT2D eigenvalue weighted by Gasteiger charge is 2.13. The van der Waals surface area contributed by atoms with Crippen molar-refractivity contribution in [3.8, 4) is 6.07 Å². The molecule has 0 aromatic carbocycles. The number of aliphatic carboxylic acids is 1. The molecular formula is C12H9N3O2S2. The van der Waals surface area contributed by atoms with Gasteiger partial charge in [0.2, 0.25) is 0 Å². The summed E-state index contributed by atoms with van der Waals surface area (Å²) in [5, 5.41) is 17.7. The van der Waals surface area contributed by atoms with E-state index in [9.17, 15) is 4.79 Å². The Hall–Kier alpha value is -1.91. The zero-order valence-corrected chi connectivity index (χ0v) is 11.6. The summed E-state index contributed by atoms with van der Waals surface area (Å²) in [6.45, 7) is 1.79. The van der Waals surface area contributed by atoms with Crippen LogP contribution in [0.1, 0.15) is 16.3 Å². The molecule has 2 rings (SSSR count). The lowest BCUT2D eigenvalue weighted by Crippen LogP contribution is -1.99. The van der Waals surface area contributed by atoms with Gasteiger partial charge in [-0.05, 0) is 19.1 Å². The number of thiazole rings is 1. The number of aryl methyl sites for hydroxylation is 1. The van der Waals surface area contributed by atoms with Crippen LogP contribution in [-0.2, 0) is 11.2 Å². The molecule has 0 fully saturated rings. The third-order valence-corrected chi connectivity index (χ3v) is 4.53. The first-order valence-corrected chi connectivity index (χ1v) is 6.94. The minimum atomic E-state index is -0.873. The predicted molar refractivity (Wildman–Crippen MR) is 71.3 cm³/mol. The topological polar surface area (TPSA) is 86.9 Å². The second kappa shape index (κ2) is 5.82. The fourth-order valence-electron chi connectivity index (χ4n) is 1.40. The summed E-state index contributed by atoms with van der Waals surface area (Å²) in [4.78, 5) is 20.5. The summed E-state index contributed by atoms with van der Waals surface area (Å²) in [5.74, 6) is -0.873. The Kier molecular flexibility index (Phi) is 4.14. The van der Waals surface area contributed by atoms with Crippen molar-refractivity contribution >= 4 is 29.1 Å². The first-order valence-electron chi connectivity index (χ1n) is 5.31. The molecule has 0 aliphatic heterocycles. The normalized spacial score (nSPS) is 10.1. The lowest BCUT2D eigenvalue weighted by Gasteiger charge is -1.98.